The summed E-state index contributed by atoms with van der Waals surface area (Å²) in [4.78, 5) is 36.1. The molecule has 0 aliphatic rings. The molecule has 0 aliphatic carbocycles. The second kappa shape index (κ2) is 8.57. The van der Waals surface area contributed by atoms with Crippen molar-refractivity contribution in [2.45, 2.75) is 12.5 Å². The Kier molecular flexibility index (Phi) is 6.05. The van der Waals surface area contributed by atoms with Crippen LogP contribution in [0.15, 0.2) is 51.7 Å². The first-order valence-corrected chi connectivity index (χ1v) is 8.68. The Bertz CT molecular complexity index is 1260. The van der Waals surface area contributed by atoms with Gasteiger partial charge in [0.2, 0.25) is 0 Å². The van der Waals surface area contributed by atoms with Crippen molar-refractivity contribution in [3.63, 3.8) is 0 Å². The summed E-state index contributed by atoms with van der Waals surface area (Å²) in [6.45, 7) is 0. The van der Waals surface area contributed by atoms with Gasteiger partial charge >= 0.3 is 24.1 Å². The van der Waals surface area contributed by atoms with Crippen LogP contribution in [0.1, 0.15) is 20.7 Å². The maximum Gasteiger partial charge on any atom is 0.461 e. The average Bonchev–Trinajstić information content (AvgIpc) is 2.72. The van der Waals surface area contributed by atoms with Gasteiger partial charge in [-0.2, -0.15) is 17.6 Å². The zero-order valence-corrected chi connectivity index (χ0v) is 16.0. The van der Waals surface area contributed by atoms with Gasteiger partial charge in [0.25, 0.3) is 5.91 Å². The molecule has 0 saturated carbocycles. The third-order valence-electron chi connectivity index (χ3n) is 4.17. The van der Waals surface area contributed by atoms with E-state index in [4.69, 9.17) is 9.15 Å². The summed E-state index contributed by atoms with van der Waals surface area (Å²) < 4.78 is 65.6. The van der Waals surface area contributed by atoms with Crippen molar-refractivity contribution in [2.24, 2.45) is 0 Å². The Morgan fingerprint density at radius 3 is 2.41 bits per heavy atom. The molecule has 168 valence electrons. The van der Waals surface area contributed by atoms with Gasteiger partial charge < -0.3 is 24.3 Å². The van der Waals surface area contributed by atoms with Crippen LogP contribution in [0.25, 0.3) is 11.0 Å². The Morgan fingerprint density at radius 1 is 1.09 bits per heavy atom. The third-order valence-corrected chi connectivity index (χ3v) is 4.17. The first kappa shape index (κ1) is 22.6. The van der Waals surface area contributed by atoms with Gasteiger partial charge in [-0.1, -0.05) is 12.1 Å². The van der Waals surface area contributed by atoms with Crippen molar-refractivity contribution in [1.82, 2.24) is 0 Å². The number of rotatable bonds is 7. The Labute approximate surface area is 176 Å². The highest BCUT2D eigenvalue weighted by Crippen LogP contribution is 2.37. The number of ether oxygens (including phenoxy) is 2. The summed E-state index contributed by atoms with van der Waals surface area (Å²) in [7, 11) is 1.05. The van der Waals surface area contributed by atoms with E-state index in [9.17, 15) is 37.1 Å². The Morgan fingerprint density at radius 2 is 1.78 bits per heavy atom. The second-order valence-electron chi connectivity index (χ2n) is 6.26. The van der Waals surface area contributed by atoms with Crippen LogP contribution in [-0.2, 0) is 0 Å². The highest BCUT2D eigenvalue weighted by molar-refractivity contribution is 6.08. The van der Waals surface area contributed by atoms with Gasteiger partial charge in [0.15, 0.2) is 11.5 Å². The van der Waals surface area contributed by atoms with Crippen LogP contribution in [0.3, 0.4) is 0 Å². The highest BCUT2D eigenvalue weighted by Gasteiger charge is 2.44. The van der Waals surface area contributed by atoms with Crippen LogP contribution in [0, 0.1) is 0 Å². The van der Waals surface area contributed by atoms with Crippen molar-refractivity contribution in [3.05, 3.63) is 64.0 Å². The number of hydrogen-bond acceptors (Lipinski definition) is 6. The number of halogens is 4. The van der Waals surface area contributed by atoms with Crippen molar-refractivity contribution in [1.29, 1.82) is 0 Å². The van der Waals surface area contributed by atoms with Gasteiger partial charge in [-0.15, -0.1) is 0 Å². The van der Waals surface area contributed by atoms with Crippen LogP contribution >= 0.6 is 0 Å². The molecular formula is C20H13F4NO7. The van der Waals surface area contributed by atoms with Crippen molar-refractivity contribution in [2.75, 3.05) is 12.4 Å². The number of hydrogen-bond donors (Lipinski definition) is 2. The number of amides is 1. The molecule has 1 aromatic heterocycles. The molecule has 8 nitrogen and oxygen atoms in total. The van der Waals surface area contributed by atoms with E-state index in [1.165, 1.54) is 24.3 Å². The molecule has 0 bridgehead atoms. The number of carbonyl (C=O) groups is 2. The summed E-state index contributed by atoms with van der Waals surface area (Å²) in [5.41, 5.74) is -2.30. The van der Waals surface area contributed by atoms with Gasteiger partial charge in [0.1, 0.15) is 11.1 Å². The zero-order valence-electron chi connectivity index (χ0n) is 16.0. The van der Waals surface area contributed by atoms with Crippen LogP contribution in [-0.4, -0.2) is 36.6 Å². The van der Waals surface area contributed by atoms with E-state index in [-0.39, 0.29) is 22.2 Å². The van der Waals surface area contributed by atoms with Gasteiger partial charge in [-0.05, 0) is 24.3 Å². The number of alkyl halides is 4. The molecule has 0 radical (unpaired) electrons. The minimum absolute atomic E-state index is 0.111. The number of aromatic carboxylic acids is 1. The molecule has 32 heavy (non-hydrogen) atoms. The Balaban J connectivity index is 2.04. The topological polar surface area (TPSA) is 115 Å². The fraction of sp³-hybridized carbons (Fsp3) is 0.150. The van der Waals surface area contributed by atoms with Gasteiger partial charge in [-0.3, -0.25) is 4.79 Å². The molecule has 2 N–H and O–H groups in total. The average molecular weight is 455 g/mol. The van der Waals surface area contributed by atoms with E-state index in [1.54, 1.807) is 0 Å². The summed E-state index contributed by atoms with van der Waals surface area (Å²) in [6, 6.07) is 8.11. The number of para-hydroxylation sites is 1. The van der Waals surface area contributed by atoms with Crippen molar-refractivity contribution in [3.8, 4) is 11.5 Å². The van der Waals surface area contributed by atoms with E-state index in [2.05, 4.69) is 10.1 Å². The molecule has 12 heteroatoms. The maximum atomic E-state index is 13.4. The summed E-state index contributed by atoms with van der Waals surface area (Å²) >= 11 is 0. The summed E-state index contributed by atoms with van der Waals surface area (Å²) in [5.74, 6) is -3.60. The quantitative estimate of drug-likeness (QED) is 0.409. The van der Waals surface area contributed by atoms with E-state index < -0.39 is 47.1 Å². The minimum atomic E-state index is -4.84. The number of carbonyl (C=O) groups excluding carboxylic acids is 1. The molecule has 1 heterocycles. The standard InChI is InChI=1S/C20H13F4NO7/c1-30-14-8-13-9(7-15(14)32-20(23,24)19(21)22)6-11(18(29)31-13)16(26)25-12-5-3-2-4-10(12)17(27)28/h2-8,19H,1H3,(H,25,26)(H,27,28). The largest absolute Gasteiger partial charge is 0.493 e. The minimum Gasteiger partial charge on any atom is -0.493 e. The summed E-state index contributed by atoms with van der Waals surface area (Å²) in [6.07, 6.45) is -8.97. The molecule has 3 aromatic rings. The van der Waals surface area contributed by atoms with Crippen molar-refractivity contribution >= 4 is 28.5 Å². The number of benzene rings is 2. The molecule has 0 atom stereocenters. The second-order valence-corrected chi connectivity index (χ2v) is 6.26. The molecule has 0 aliphatic heterocycles. The molecule has 0 saturated heterocycles. The molecular weight excluding hydrogens is 442 g/mol. The van der Waals surface area contributed by atoms with Gasteiger partial charge in [0.05, 0.1) is 18.4 Å². The zero-order chi connectivity index (χ0) is 23.6. The molecule has 0 spiro atoms. The molecule has 1 amide bonds. The molecule has 0 unspecified atom stereocenters. The molecule has 3 rings (SSSR count). The van der Waals surface area contributed by atoms with Crippen LogP contribution in [0.2, 0.25) is 0 Å². The lowest BCUT2D eigenvalue weighted by Crippen LogP contribution is -2.33. The number of fused-ring (bicyclic) bond motifs is 1. The SMILES string of the molecule is COc1cc2oc(=O)c(C(=O)Nc3ccccc3C(=O)O)cc2cc1OC(F)(F)C(F)F. The predicted octanol–water partition coefficient (Wildman–Crippen LogP) is 3.99. The first-order valence-electron chi connectivity index (χ1n) is 8.68. The highest BCUT2D eigenvalue weighted by atomic mass is 19.3. The number of carboxylic acid groups (broad SMARTS) is 1. The number of methoxy groups -OCH3 is 1. The predicted molar refractivity (Wildman–Crippen MR) is 102 cm³/mol. The van der Waals surface area contributed by atoms with E-state index in [0.717, 1.165) is 25.3 Å². The molecule has 2 aromatic carbocycles. The Hall–Kier alpha value is -4.09. The lowest BCUT2D eigenvalue weighted by Gasteiger charge is -2.19. The van der Waals surface area contributed by atoms with Crippen LogP contribution in [0.5, 0.6) is 11.5 Å². The fourth-order valence-electron chi connectivity index (χ4n) is 2.68. The van der Waals surface area contributed by atoms with E-state index in [0.29, 0.717) is 0 Å². The lowest BCUT2D eigenvalue weighted by atomic mass is 10.1. The fourth-order valence-corrected chi connectivity index (χ4v) is 2.68. The third kappa shape index (κ3) is 4.48. The number of carboxylic acids is 1. The normalized spacial score (nSPS) is 11.4. The first-order chi connectivity index (χ1) is 15.0. The van der Waals surface area contributed by atoms with Crippen LogP contribution < -0.4 is 20.4 Å². The number of anilines is 1. The van der Waals surface area contributed by atoms with E-state index >= 15 is 0 Å². The van der Waals surface area contributed by atoms with E-state index in [1.807, 2.05) is 0 Å². The number of nitrogens with one attached hydrogen (secondary N) is 1. The van der Waals surface area contributed by atoms with Gasteiger partial charge in [0, 0.05) is 11.5 Å². The maximum absolute atomic E-state index is 13.4. The molecule has 0 fully saturated rings. The smallest absolute Gasteiger partial charge is 0.461 e. The van der Waals surface area contributed by atoms with Crippen molar-refractivity contribution < 1.29 is 46.1 Å². The lowest BCUT2D eigenvalue weighted by molar-refractivity contribution is -0.253. The van der Waals surface area contributed by atoms with Crippen LogP contribution in [0.4, 0.5) is 23.2 Å². The monoisotopic (exact) mass is 455 g/mol. The van der Waals surface area contributed by atoms with Gasteiger partial charge in [-0.25, -0.2) is 9.59 Å². The summed E-state index contributed by atoms with van der Waals surface area (Å²) in [5, 5.41) is 11.3.